The number of amides is 1. The molecule has 1 saturated heterocycles. The van der Waals surface area contributed by atoms with Gasteiger partial charge in [-0.3, -0.25) is 4.79 Å². The highest BCUT2D eigenvalue weighted by Gasteiger charge is 2.22. The molecule has 0 aliphatic carbocycles. The highest BCUT2D eigenvalue weighted by Crippen LogP contribution is 2.17. The molecular formula is C16H21N7OS. The number of hydrogen-bond donors (Lipinski definition) is 1. The lowest BCUT2D eigenvalue weighted by Crippen LogP contribution is -2.49. The highest BCUT2D eigenvalue weighted by atomic mass is 32.2. The zero-order chi connectivity index (χ0) is 17.8. The number of aromatic nitrogens is 4. The van der Waals surface area contributed by atoms with Gasteiger partial charge in [0.1, 0.15) is 5.82 Å². The van der Waals surface area contributed by atoms with Gasteiger partial charge in [-0.2, -0.15) is 4.98 Å². The minimum atomic E-state index is 0.105. The molecule has 1 fully saturated rings. The Labute approximate surface area is 150 Å². The molecule has 0 bridgehead atoms. The van der Waals surface area contributed by atoms with Crippen LogP contribution in [-0.2, 0) is 4.79 Å². The Morgan fingerprint density at radius 3 is 2.60 bits per heavy atom. The average molecular weight is 359 g/mol. The summed E-state index contributed by atoms with van der Waals surface area (Å²) in [5.74, 6) is 1.55. The molecule has 0 radical (unpaired) electrons. The number of nitrogens with zero attached hydrogens (tertiary/aromatic N) is 6. The number of nitrogen functional groups attached to an aromatic ring is 1. The maximum absolute atomic E-state index is 12.4. The lowest BCUT2D eigenvalue weighted by atomic mass is 10.3. The van der Waals surface area contributed by atoms with Gasteiger partial charge in [-0.15, -0.1) is 0 Å². The van der Waals surface area contributed by atoms with Gasteiger partial charge in [0.2, 0.25) is 11.9 Å². The molecule has 0 atom stereocenters. The second-order valence-electron chi connectivity index (χ2n) is 5.86. The number of carbonyl (C=O) groups is 1. The summed E-state index contributed by atoms with van der Waals surface area (Å²) in [6, 6.07) is 3.76. The molecule has 3 heterocycles. The van der Waals surface area contributed by atoms with E-state index in [1.54, 1.807) is 6.20 Å². The highest BCUT2D eigenvalue weighted by molar-refractivity contribution is 7.99. The topological polar surface area (TPSA) is 101 Å². The molecular weight excluding hydrogens is 338 g/mol. The summed E-state index contributed by atoms with van der Waals surface area (Å²) < 4.78 is 0. The van der Waals surface area contributed by atoms with Crippen LogP contribution in [0.5, 0.6) is 0 Å². The van der Waals surface area contributed by atoms with Crippen molar-refractivity contribution in [3.8, 4) is 0 Å². The fraction of sp³-hybridized carbons (Fsp3) is 0.438. The number of anilines is 2. The first kappa shape index (κ1) is 17.4. The Morgan fingerprint density at radius 2 is 1.92 bits per heavy atom. The fourth-order valence-electron chi connectivity index (χ4n) is 2.63. The molecule has 1 aliphatic heterocycles. The Balaban J connectivity index is 1.52. The van der Waals surface area contributed by atoms with Crippen molar-refractivity contribution in [2.45, 2.75) is 19.0 Å². The van der Waals surface area contributed by atoms with E-state index >= 15 is 0 Å². The van der Waals surface area contributed by atoms with Crippen molar-refractivity contribution in [1.82, 2.24) is 24.8 Å². The van der Waals surface area contributed by atoms with Gasteiger partial charge in [0.15, 0.2) is 5.16 Å². The van der Waals surface area contributed by atoms with Crippen LogP contribution in [-0.4, -0.2) is 62.7 Å². The van der Waals surface area contributed by atoms with E-state index in [9.17, 15) is 4.79 Å². The van der Waals surface area contributed by atoms with Gasteiger partial charge >= 0.3 is 0 Å². The van der Waals surface area contributed by atoms with E-state index in [1.807, 2.05) is 30.9 Å². The first-order chi connectivity index (χ1) is 12.0. The van der Waals surface area contributed by atoms with E-state index in [0.717, 1.165) is 30.3 Å². The van der Waals surface area contributed by atoms with E-state index in [-0.39, 0.29) is 11.9 Å². The number of piperazine rings is 1. The molecule has 8 nitrogen and oxygen atoms in total. The van der Waals surface area contributed by atoms with Crippen LogP contribution in [0.25, 0.3) is 0 Å². The predicted octanol–water partition coefficient (Wildman–Crippen LogP) is 0.907. The van der Waals surface area contributed by atoms with Crippen LogP contribution in [0.3, 0.4) is 0 Å². The Morgan fingerprint density at radius 1 is 1.16 bits per heavy atom. The molecule has 25 heavy (non-hydrogen) atoms. The van der Waals surface area contributed by atoms with Crippen molar-refractivity contribution in [3.05, 3.63) is 29.7 Å². The van der Waals surface area contributed by atoms with Gasteiger partial charge in [0.05, 0.1) is 5.75 Å². The van der Waals surface area contributed by atoms with Crippen molar-refractivity contribution < 1.29 is 4.79 Å². The molecule has 0 spiro atoms. The first-order valence-corrected chi connectivity index (χ1v) is 9.06. The van der Waals surface area contributed by atoms with Crippen molar-refractivity contribution in [1.29, 1.82) is 0 Å². The van der Waals surface area contributed by atoms with E-state index < -0.39 is 0 Å². The number of nitrogens with two attached hydrogens (primary N) is 1. The number of aryl methyl sites for hydroxylation is 2. The molecule has 9 heteroatoms. The standard InChI is InChI=1S/C16H21N7OS/c1-11-3-4-18-16(20-11)25-10-14(24)23-7-5-22(6-8-23)13-9-12(2)19-15(17)21-13/h3-4,9H,5-8,10H2,1-2H3,(H2,17,19,21). The quantitative estimate of drug-likeness (QED) is 0.635. The largest absolute Gasteiger partial charge is 0.368 e. The summed E-state index contributed by atoms with van der Waals surface area (Å²) in [5.41, 5.74) is 7.46. The summed E-state index contributed by atoms with van der Waals surface area (Å²) in [6.45, 7) is 6.59. The molecule has 0 saturated carbocycles. The Kier molecular flexibility index (Phi) is 5.32. The van der Waals surface area contributed by atoms with E-state index in [1.165, 1.54) is 11.8 Å². The van der Waals surface area contributed by atoms with Crippen LogP contribution in [0, 0.1) is 13.8 Å². The van der Waals surface area contributed by atoms with E-state index in [0.29, 0.717) is 24.0 Å². The van der Waals surface area contributed by atoms with Crippen LogP contribution < -0.4 is 10.6 Å². The Bertz CT molecular complexity index is 742. The van der Waals surface area contributed by atoms with Gasteiger partial charge in [-0.05, 0) is 19.9 Å². The van der Waals surface area contributed by atoms with Crippen LogP contribution in [0.4, 0.5) is 11.8 Å². The SMILES string of the molecule is Cc1cc(N2CCN(C(=O)CSc3nccc(C)n3)CC2)nc(N)n1. The normalized spacial score (nSPS) is 14.6. The molecule has 2 aromatic rings. The van der Waals surface area contributed by atoms with E-state index in [2.05, 4.69) is 24.8 Å². The first-order valence-electron chi connectivity index (χ1n) is 8.07. The number of thioether (sulfide) groups is 1. The maximum atomic E-state index is 12.4. The second kappa shape index (κ2) is 7.64. The molecule has 2 N–H and O–H groups in total. The molecule has 1 aliphatic rings. The maximum Gasteiger partial charge on any atom is 0.233 e. The van der Waals surface area contributed by atoms with Crippen molar-refractivity contribution in [2.24, 2.45) is 0 Å². The fourth-order valence-corrected chi connectivity index (χ4v) is 3.41. The zero-order valence-corrected chi connectivity index (χ0v) is 15.2. The van der Waals surface area contributed by atoms with Gasteiger partial charge < -0.3 is 15.5 Å². The molecule has 0 unspecified atom stereocenters. The summed E-state index contributed by atoms with van der Waals surface area (Å²) >= 11 is 1.37. The van der Waals surface area contributed by atoms with Gasteiger partial charge in [-0.25, -0.2) is 15.0 Å². The van der Waals surface area contributed by atoms with Gasteiger partial charge in [-0.1, -0.05) is 11.8 Å². The molecule has 132 valence electrons. The minimum absolute atomic E-state index is 0.105. The van der Waals surface area contributed by atoms with Gasteiger partial charge in [0.25, 0.3) is 0 Å². The lowest BCUT2D eigenvalue weighted by molar-refractivity contribution is -0.128. The number of carbonyl (C=O) groups excluding carboxylic acids is 1. The zero-order valence-electron chi connectivity index (χ0n) is 14.3. The van der Waals surface area contributed by atoms with Crippen LogP contribution in [0.15, 0.2) is 23.5 Å². The monoisotopic (exact) mass is 359 g/mol. The van der Waals surface area contributed by atoms with Crippen LogP contribution in [0.2, 0.25) is 0 Å². The third kappa shape index (κ3) is 4.56. The average Bonchev–Trinajstić information content (AvgIpc) is 2.59. The molecule has 2 aromatic heterocycles. The molecule has 0 aromatic carbocycles. The van der Waals surface area contributed by atoms with E-state index in [4.69, 9.17) is 5.73 Å². The smallest absolute Gasteiger partial charge is 0.233 e. The van der Waals surface area contributed by atoms with Crippen molar-refractivity contribution in [3.63, 3.8) is 0 Å². The predicted molar refractivity (Wildman–Crippen MR) is 97.5 cm³/mol. The molecule has 1 amide bonds. The summed E-state index contributed by atoms with van der Waals surface area (Å²) in [7, 11) is 0. The van der Waals surface area contributed by atoms with Crippen molar-refractivity contribution >= 4 is 29.4 Å². The molecule has 3 rings (SSSR count). The number of hydrogen-bond acceptors (Lipinski definition) is 8. The second-order valence-corrected chi connectivity index (χ2v) is 6.81. The van der Waals surface area contributed by atoms with Crippen LogP contribution in [0.1, 0.15) is 11.4 Å². The summed E-state index contributed by atoms with van der Waals surface area (Å²) in [4.78, 5) is 33.2. The third-order valence-corrected chi connectivity index (χ3v) is 4.76. The summed E-state index contributed by atoms with van der Waals surface area (Å²) in [6.07, 6.45) is 1.71. The van der Waals surface area contributed by atoms with Crippen LogP contribution >= 0.6 is 11.8 Å². The minimum Gasteiger partial charge on any atom is -0.368 e. The number of rotatable bonds is 4. The van der Waals surface area contributed by atoms with Gasteiger partial charge in [0, 0.05) is 49.8 Å². The lowest BCUT2D eigenvalue weighted by Gasteiger charge is -2.35. The van der Waals surface area contributed by atoms with Crippen molar-refractivity contribution in [2.75, 3.05) is 42.6 Å². The summed E-state index contributed by atoms with van der Waals surface area (Å²) in [5, 5.41) is 0.638. The third-order valence-electron chi connectivity index (χ3n) is 3.91. The Hall–Kier alpha value is -2.42.